The van der Waals surface area contributed by atoms with Crippen molar-refractivity contribution in [2.24, 2.45) is 0 Å². The lowest BCUT2D eigenvalue weighted by atomic mass is 10.3. The molecule has 0 aromatic carbocycles. The molecule has 0 unspecified atom stereocenters. The van der Waals surface area contributed by atoms with E-state index >= 15 is 0 Å². The Morgan fingerprint density at radius 1 is 1.09 bits per heavy atom. The highest BCUT2D eigenvalue weighted by Crippen LogP contribution is 2.15. The van der Waals surface area contributed by atoms with Crippen LogP contribution in [0.3, 0.4) is 0 Å². The summed E-state index contributed by atoms with van der Waals surface area (Å²) < 4.78 is 5.04. The largest absolute Gasteiger partial charge is 0.475 e. The maximum absolute atomic E-state index is 12.3. The van der Waals surface area contributed by atoms with E-state index < -0.39 is 5.97 Å². The van der Waals surface area contributed by atoms with E-state index in [9.17, 15) is 9.59 Å². The van der Waals surface area contributed by atoms with Gasteiger partial charge in [0.05, 0.1) is 0 Å². The second kappa shape index (κ2) is 5.84. The summed E-state index contributed by atoms with van der Waals surface area (Å²) in [5.74, 6) is -0.898. The smallest absolute Gasteiger partial charge is 0.371 e. The highest BCUT2D eigenvalue weighted by molar-refractivity contribution is 5.93. The van der Waals surface area contributed by atoms with E-state index in [4.69, 9.17) is 9.52 Å². The Hall–Kier alpha value is -2.90. The molecule has 1 aliphatic rings. The summed E-state index contributed by atoms with van der Waals surface area (Å²) in [6.07, 6.45) is 1.61. The molecule has 0 aliphatic carbocycles. The zero-order valence-corrected chi connectivity index (χ0v) is 11.7. The lowest BCUT2D eigenvalue weighted by Gasteiger charge is -2.34. The van der Waals surface area contributed by atoms with Crippen molar-refractivity contribution in [2.45, 2.75) is 0 Å². The number of piperazine rings is 1. The van der Waals surface area contributed by atoms with Gasteiger partial charge in [0.1, 0.15) is 0 Å². The van der Waals surface area contributed by atoms with Gasteiger partial charge in [-0.3, -0.25) is 4.79 Å². The van der Waals surface area contributed by atoms with Crippen LogP contribution in [-0.4, -0.2) is 58.3 Å². The van der Waals surface area contributed by atoms with Crippen LogP contribution < -0.4 is 4.90 Å². The van der Waals surface area contributed by atoms with E-state index in [0.29, 0.717) is 26.2 Å². The Bertz CT molecular complexity index is 677. The first-order valence-corrected chi connectivity index (χ1v) is 6.80. The first-order chi connectivity index (χ1) is 10.6. The molecule has 8 heteroatoms. The Kier molecular flexibility index (Phi) is 3.73. The number of rotatable bonds is 3. The zero-order valence-electron chi connectivity index (χ0n) is 11.7. The zero-order chi connectivity index (χ0) is 15.5. The Morgan fingerprint density at radius 2 is 1.82 bits per heavy atom. The third kappa shape index (κ3) is 2.76. The summed E-state index contributed by atoms with van der Waals surface area (Å²) in [7, 11) is 0. The molecule has 114 valence electrons. The molecule has 3 heterocycles. The van der Waals surface area contributed by atoms with Gasteiger partial charge >= 0.3 is 5.97 Å². The van der Waals surface area contributed by atoms with E-state index in [1.54, 1.807) is 11.1 Å². The van der Waals surface area contributed by atoms with Crippen LogP contribution in [0.2, 0.25) is 0 Å². The number of carboxylic acid groups (broad SMARTS) is 1. The molecule has 1 N–H and O–H groups in total. The maximum atomic E-state index is 12.3. The minimum absolute atomic E-state index is 0.0466. The molecule has 3 rings (SSSR count). The molecule has 0 saturated carbocycles. The Labute approximate surface area is 126 Å². The highest BCUT2D eigenvalue weighted by Gasteiger charge is 2.25. The van der Waals surface area contributed by atoms with E-state index in [1.807, 2.05) is 17.0 Å². The van der Waals surface area contributed by atoms with Gasteiger partial charge in [-0.2, -0.15) is 5.10 Å². The molecular weight excluding hydrogens is 288 g/mol. The number of aromatic carboxylic acids is 1. The average molecular weight is 302 g/mol. The van der Waals surface area contributed by atoms with Crippen LogP contribution in [0.4, 0.5) is 5.82 Å². The fourth-order valence-corrected chi connectivity index (χ4v) is 2.32. The van der Waals surface area contributed by atoms with Gasteiger partial charge in [-0.25, -0.2) is 4.79 Å². The van der Waals surface area contributed by atoms with Gasteiger partial charge in [0.15, 0.2) is 11.6 Å². The lowest BCUT2D eigenvalue weighted by molar-refractivity contribution is 0.0648. The number of carboxylic acids is 1. The van der Waals surface area contributed by atoms with Gasteiger partial charge in [0, 0.05) is 32.4 Å². The fourth-order valence-electron chi connectivity index (χ4n) is 2.32. The number of carbonyl (C=O) groups excluding carboxylic acids is 1. The first kappa shape index (κ1) is 14.1. The van der Waals surface area contributed by atoms with Crippen molar-refractivity contribution in [1.82, 2.24) is 15.1 Å². The number of carbonyl (C=O) groups is 2. The predicted molar refractivity (Wildman–Crippen MR) is 75.8 cm³/mol. The number of hydrogen-bond donors (Lipinski definition) is 1. The molecule has 0 atom stereocenters. The van der Waals surface area contributed by atoms with Crippen LogP contribution >= 0.6 is 0 Å². The number of amides is 1. The van der Waals surface area contributed by atoms with Gasteiger partial charge in [0.2, 0.25) is 5.76 Å². The van der Waals surface area contributed by atoms with Crippen LogP contribution in [-0.2, 0) is 0 Å². The minimum Gasteiger partial charge on any atom is -0.475 e. The number of hydrogen-bond acceptors (Lipinski definition) is 6. The third-order valence-corrected chi connectivity index (χ3v) is 3.48. The predicted octanol–water partition coefficient (Wildman–Crippen LogP) is 0.730. The molecule has 2 aromatic heterocycles. The van der Waals surface area contributed by atoms with Crippen molar-refractivity contribution in [2.75, 3.05) is 31.1 Å². The average Bonchev–Trinajstić information content (AvgIpc) is 3.05. The van der Waals surface area contributed by atoms with Gasteiger partial charge < -0.3 is 19.3 Å². The highest BCUT2D eigenvalue weighted by atomic mass is 16.4. The minimum atomic E-state index is -1.19. The van der Waals surface area contributed by atoms with Crippen LogP contribution in [0.25, 0.3) is 0 Å². The van der Waals surface area contributed by atoms with Crippen LogP contribution in [0.1, 0.15) is 21.1 Å². The van der Waals surface area contributed by atoms with E-state index in [0.717, 1.165) is 5.82 Å². The number of nitrogens with zero attached hydrogens (tertiary/aromatic N) is 4. The summed E-state index contributed by atoms with van der Waals surface area (Å²) in [6, 6.07) is 6.36. The van der Waals surface area contributed by atoms with Gasteiger partial charge in [-0.1, -0.05) is 0 Å². The molecule has 8 nitrogen and oxygen atoms in total. The number of aromatic nitrogens is 2. The van der Waals surface area contributed by atoms with Crippen molar-refractivity contribution in [3.8, 4) is 0 Å². The van der Waals surface area contributed by atoms with Crippen molar-refractivity contribution >= 4 is 17.7 Å². The quantitative estimate of drug-likeness (QED) is 0.892. The topological polar surface area (TPSA) is 99.8 Å². The van der Waals surface area contributed by atoms with Gasteiger partial charge in [-0.05, 0) is 24.3 Å². The molecular formula is C14H14N4O4. The molecule has 0 bridgehead atoms. The van der Waals surface area contributed by atoms with Crippen molar-refractivity contribution in [3.05, 3.63) is 42.0 Å². The van der Waals surface area contributed by atoms with Gasteiger partial charge in [0.25, 0.3) is 5.91 Å². The molecule has 22 heavy (non-hydrogen) atoms. The second-order valence-corrected chi connectivity index (χ2v) is 4.83. The van der Waals surface area contributed by atoms with Crippen molar-refractivity contribution < 1.29 is 19.1 Å². The molecule has 1 saturated heterocycles. The first-order valence-electron chi connectivity index (χ1n) is 6.80. The van der Waals surface area contributed by atoms with Crippen LogP contribution in [0, 0.1) is 0 Å². The van der Waals surface area contributed by atoms with E-state index in [1.165, 1.54) is 12.1 Å². The number of furan rings is 1. The summed E-state index contributed by atoms with van der Waals surface area (Å²) in [6.45, 7) is 2.30. The SMILES string of the molecule is O=C(O)c1ccc(C(=O)N2CCN(c3cccnn3)CC2)o1. The Morgan fingerprint density at radius 3 is 2.41 bits per heavy atom. The molecule has 0 radical (unpaired) electrons. The van der Waals surface area contributed by atoms with E-state index in [-0.39, 0.29) is 17.4 Å². The molecule has 1 amide bonds. The molecule has 2 aromatic rings. The lowest BCUT2D eigenvalue weighted by Crippen LogP contribution is -2.49. The maximum Gasteiger partial charge on any atom is 0.371 e. The normalized spacial score (nSPS) is 14.9. The molecule has 1 fully saturated rings. The molecule has 1 aliphatic heterocycles. The fraction of sp³-hybridized carbons (Fsp3) is 0.286. The van der Waals surface area contributed by atoms with Crippen molar-refractivity contribution in [3.63, 3.8) is 0 Å². The summed E-state index contributed by atoms with van der Waals surface area (Å²) in [5, 5.41) is 16.7. The monoisotopic (exact) mass is 302 g/mol. The standard InChI is InChI=1S/C14H14N4O4/c19-13(10-3-4-11(22-10)14(20)21)18-8-6-17(7-9-18)12-2-1-5-15-16-12/h1-5H,6-9H2,(H,20,21). The van der Waals surface area contributed by atoms with E-state index in [2.05, 4.69) is 10.2 Å². The van der Waals surface area contributed by atoms with Gasteiger partial charge in [-0.15, -0.1) is 5.10 Å². The van der Waals surface area contributed by atoms with Crippen molar-refractivity contribution in [1.29, 1.82) is 0 Å². The molecule has 0 spiro atoms. The summed E-state index contributed by atoms with van der Waals surface area (Å²) in [5.41, 5.74) is 0. The van der Waals surface area contributed by atoms with Crippen LogP contribution in [0.5, 0.6) is 0 Å². The number of anilines is 1. The third-order valence-electron chi connectivity index (χ3n) is 3.48. The Balaban J connectivity index is 1.63. The summed E-state index contributed by atoms with van der Waals surface area (Å²) >= 11 is 0. The summed E-state index contributed by atoms with van der Waals surface area (Å²) in [4.78, 5) is 26.7. The second-order valence-electron chi connectivity index (χ2n) is 4.83. The van der Waals surface area contributed by atoms with Crippen LogP contribution in [0.15, 0.2) is 34.9 Å².